The molecule has 0 radical (unpaired) electrons. The minimum absolute atomic E-state index is 0.892. The Morgan fingerprint density at radius 2 is 2.05 bits per heavy atom. The van der Waals surface area contributed by atoms with Crippen molar-refractivity contribution >= 4 is 32.5 Å². The molecule has 0 saturated carbocycles. The maximum Gasteiger partial charge on any atom is 0.130 e. The molecule has 2 aromatic rings. The van der Waals surface area contributed by atoms with Crippen LogP contribution in [0.15, 0.2) is 16.6 Å². The number of methoxy groups -OCH3 is 1. The number of aryl methyl sites for hydroxylation is 1. The fraction of sp³-hybridized carbons (Fsp3) is 0.471. The summed E-state index contributed by atoms with van der Waals surface area (Å²) in [5, 5.41) is 4.67. The van der Waals surface area contributed by atoms with Gasteiger partial charge in [-0.25, -0.2) is 0 Å². The number of nitrogens with zero attached hydrogens (tertiary/aromatic N) is 1. The Hall–Kier alpha value is -1.29. The van der Waals surface area contributed by atoms with Crippen molar-refractivity contribution in [2.45, 2.75) is 39.0 Å². The smallest absolute Gasteiger partial charge is 0.130 e. The molecule has 1 aromatic carbocycles. The van der Waals surface area contributed by atoms with E-state index in [1.54, 1.807) is 7.11 Å². The van der Waals surface area contributed by atoms with Gasteiger partial charge in [0, 0.05) is 16.7 Å². The van der Waals surface area contributed by atoms with Crippen molar-refractivity contribution in [3.05, 3.63) is 27.9 Å². The summed E-state index contributed by atoms with van der Waals surface area (Å²) in [6.07, 6.45) is 5.95. The zero-order chi connectivity index (χ0) is 14.8. The van der Waals surface area contributed by atoms with Crippen LogP contribution in [0.4, 0.5) is 5.69 Å². The van der Waals surface area contributed by atoms with Gasteiger partial charge in [-0.05, 0) is 66.2 Å². The van der Waals surface area contributed by atoms with Crippen LogP contribution in [0.5, 0.6) is 5.75 Å². The minimum atomic E-state index is 0.892. The molecule has 1 heterocycles. The largest absolute Gasteiger partial charge is 0.496 e. The van der Waals surface area contributed by atoms with Crippen LogP contribution in [-0.2, 0) is 12.8 Å². The molecule has 112 valence electrons. The SMILES string of the molecule is CCNc1c2c(nc3c(Br)ccc(OC)c13)CCCCC2. The monoisotopic (exact) mass is 348 g/mol. The molecule has 0 unspecified atom stereocenters. The first-order valence-corrected chi connectivity index (χ1v) is 8.47. The van der Waals surface area contributed by atoms with Gasteiger partial charge in [-0.2, -0.15) is 0 Å². The standard InChI is InChI=1S/C17H21BrN2O/c1-3-19-16-11-7-5-4-6-8-13(11)20-17-12(18)9-10-14(21-2)15(16)17/h9-10H,3-8H2,1-2H3,(H,19,20). The molecule has 0 spiro atoms. The van der Waals surface area contributed by atoms with Gasteiger partial charge in [0.2, 0.25) is 0 Å². The van der Waals surface area contributed by atoms with E-state index in [2.05, 4.69) is 28.2 Å². The van der Waals surface area contributed by atoms with Crippen molar-refractivity contribution < 1.29 is 4.74 Å². The predicted octanol–water partition coefficient (Wildman–Crippen LogP) is 4.71. The van der Waals surface area contributed by atoms with Gasteiger partial charge >= 0.3 is 0 Å². The molecule has 4 heteroatoms. The zero-order valence-electron chi connectivity index (χ0n) is 12.6. The van der Waals surface area contributed by atoms with Crippen molar-refractivity contribution in [1.29, 1.82) is 0 Å². The second kappa shape index (κ2) is 6.22. The normalized spacial score (nSPS) is 14.6. The Bertz CT molecular complexity index is 670. The number of halogens is 1. The lowest BCUT2D eigenvalue weighted by Crippen LogP contribution is -2.07. The van der Waals surface area contributed by atoms with Crippen LogP contribution in [0, 0.1) is 0 Å². The van der Waals surface area contributed by atoms with Crippen molar-refractivity contribution in [3.8, 4) is 5.75 Å². The third-order valence-corrected chi connectivity index (χ3v) is 4.79. The number of anilines is 1. The number of fused-ring (bicyclic) bond motifs is 2. The lowest BCUT2D eigenvalue weighted by Gasteiger charge is -2.18. The average molecular weight is 349 g/mol. The topological polar surface area (TPSA) is 34.2 Å². The highest BCUT2D eigenvalue weighted by Gasteiger charge is 2.20. The fourth-order valence-corrected chi connectivity index (χ4v) is 3.60. The average Bonchev–Trinajstić information content (AvgIpc) is 2.73. The van der Waals surface area contributed by atoms with Crippen molar-refractivity contribution in [3.63, 3.8) is 0 Å². The zero-order valence-corrected chi connectivity index (χ0v) is 14.2. The Balaban J connectivity index is 2.36. The number of hydrogen-bond acceptors (Lipinski definition) is 3. The molecule has 0 bridgehead atoms. The number of hydrogen-bond donors (Lipinski definition) is 1. The van der Waals surface area contributed by atoms with E-state index in [0.717, 1.165) is 40.5 Å². The molecule has 1 N–H and O–H groups in total. The summed E-state index contributed by atoms with van der Waals surface area (Å²) < 4.78 is 6.62. The Morgan fingerprint density at radius 1 is 1.24 bits per heavy atom. The van der Waals surface area contributed by atoms with Crippen LogP contribution in [0.2, 0.25) is 0 Å². The lowest BCUT2D eigenvalue weighted by atomic mass is 10.0. The van der Waals surface area contributed by atoms with E-state index in [1.807, 2.05) is 12.1 Å². The maximum atomic E-state index is 5.59. The van der Waals surface area contributed by atoms with E-state index in [-0.39, 0.29) is 0 Å². The summed E-state index contributed by atoms with van der Waals surface area (Å²) in [6, 6.07) is 4.03. The summed E-state index contributed by atoms with van der Waals surface area (Å²) in [6.45, 7) is 3.04. The summed E-state index contributed by atoms with van der Waals surface area (Å²) >= 11 is 3.65. The molecule has 0 atom stereocenters. The van der Waals surface area contributed by atoms with Crippen molar-refractivity contribution in [1.82, 2.24) is 4.98 Å². The van der Waals surface area contributed by atoms with Gasteiger partial charge in [0.05, 0.1) is 23.7 Å². The van der Waals surface area contributed by atoms with Crippen molar-refractivity contribution in [2.75, 3.05) is 19.0 Å². The van der Waals surface area contributed by atoms with E-state index in [1.165, 1.54) is 36.2 Å². The molecule has 1 aliphatic rings. The molecule has 1 aromatic heterocycles. The molecular weight excluding hydrogens is 328 g/mol. The van der Waals surface area contributed by atoms with Crippen molar-refractivity contribution in [2.24, 2.45) is 0 Å². The number of pyridine rings is 1. The van der Waals surface area contributed by atoms with Gasteiger partial charge in [-0.15, -0.1) is 0 Å². The summed E-state index contributed by atoms with van der Waals surface area (Å²) in [5.41, 5.74) is 4.87. The molecule has 0 aliphatic heterocycles. The second-order valence-electron chi connectivity index (χ2n) is 5.48. The van der Waals surface area contributed by atoms with E-state index >= 15 is 0 Å². The Kier molecular flexibility index (Phi) is 4.34. The number of benzene rings is 1. The van der Waals surface area contributed by atoms with Crippen LogP contribution in [0.3, 0.4) is 0 Å². The van der Waals surface area contributed by atoms with Crippen LogP contribution in [-0.4, -0.2) is 18.6 Å². The molecule has 21 heavy (non-hydrogen) atoms. The van der Waals surface area contributed by atoms with Gasteiger partial charge in [0.15, 0.2) is 0 Å². The first-order valence-electron chi connectivity index (χ1n) is 7.68. The number of nitrogens with one attached hydrogen (secondary N) is 1. The second-order valence-corrected chi connectivity index (χ2v) is 6.33. The molecule has 1 aliphatic carbocycles. The number of rotatable bonds is 3. The van der Waals surface area contributed by atoms with Gasteiger partial charge in [0.25, 0.3) is 0 Å². The van der Waals surface area contributed by atoms with E-state index in [0.29, 0.717) is 0 Å². The summed E-state index contributed by atoms with van der Waals surface area (Å²) in [7, 11) is 1.73. The number of ether oxygens (including phenoxy) is 1. The third kappa shape index (κ3) is 2.61. The first-order chi connectivity index (χ1) is 10.3. The minimum Gasteiger partial charge on any atom is -0.496 e. The molecular formula is C17H21BrN2O. The molecule has 3 rings (SSSR count). The highest BCUT2D eigenvalue weighted by molar-refractivity contribution is 9.10. The maximum absolute atomic E-state index is 5.59. The van der Waals surface area contributed by atoms with Crippen LogP contribution < -0.4 is 10.1 Å². The summed E-state index contributed by atoms with van der Waals surface area (Å²) in [5.74, 6) is 0.892. The fourth-order valence-electron chi connectivity index (χ4n) is 3.18. The molecule has 0 amide bonds. The van der Waals surface area contributed by atoms with Gasteiger partial charge < -0.3 is 10.1 Å². The molecule has 3 nitrogen and oxygen atoms in total. The van der Waals surface area contributed by atoms with Crippen LogP contribution >= 0.6 is 15.9 Å². The number of aromatic nitrogens is 1. The van der Waals surface area contributed by atoms with Crippen LogP contribution in [0.1, 0.15) is 37.4 Å². The lowest BCUT2D eigenvalue weighted by molar-refractivity contribution is 0.420. The molecule has 0 fully saturated rings. The van der Waals surface area contributed by atoms with Gasteiger partial charge in [0.1, 0.15) is 5.75 Å². The Morgan fingerprint density at radius 3 is 2.81 bits per heavy atom. The van der Waals surface area contributed by atoms with Crippen LogP contribution in [0.25, 0.3) is 10.9 Å². The first kappa shape index (κ1) is 14.6. The van der Waals surface area contributed by atoms with E-state index in [9.17, 15) is 0 Å². The predicted molar refractivity (Wildman–Crippen MR) is 91.4 cm³/mol. The van der Waals surface area contributed by atoms with E-state index in [4.69, 9.17) is 9.72 Å². The molecule has 0 saturated heterocycles. The van der Waals surface area contributed by atoms with E-state index < -0.39 is 0 Å². The highest BCUT2D eigenvalue weighted by atomic mass is 79.9. The third-order valence-electron chi connectivity index (χ3n) is 4.15. The quantitative estimate of drug-likeness (QED) is 0.815. The Labute approximate surface area is 134 Å². The highest BCUT2D eigenvalue weighted by Crippen LogP contribution is 2.40. The summed E-state index contributed by atoms with van der Waals surface area (Å²) in [4.78, 5) is 4.96. The van der Waals surface area contributed by atoms with Gasteiger partial charge in [-0.3, -0.25) is 4.98 Å². The van der Waals surface area contributed by atoms with Gasteiger partial charge in [-0.1, -0.05) is 6.42 Å².